The molecule has 0 aliphatic heterocycles. The molecule has 2 rings (SSSR count). The summed E-state index contributed by atoms with van der Waals surface area (Å²) in [5.41, 5.74) is 8.75. The Morgan fingerprint density at radius 1 is 1.40 bits per heavy atom. The predicted octanol–water partition coefficient (Wildman–Crippen LogP) is 2.38. The van der Waals surface area contributed by atoms with Gasteiger partial charge in [0.05, 0.1) is 0 Å². The summed E-state index contributed by atoms with van der Waals surface area (Å²) in [5.74, 6) is 0.527. The second-order valence-corrected chi connectivity index (χ2v) is 6.36. The van der Waals surface area contributed by atoms with Crippen LogP contribution in [0.25, 0.3) is 0 Å². The van der Waals surface area contributed by atoms with Gasteiger partial charge in [-0.15, -0.1) is 0 Å². The number of hydrogen-bond acceptors (Lipinski definition) is 2. The Bertz CT molecular complexity index is 464. The lowest BCUT2D eigenvalue weighted by Gasteiger charge is -2.17. The average molecular weight is 277 g/mol. The molecular formula is C16H27N3O. The Morgan fingerprint density at radius 3 is 2.85 bits per heavy atom. The van der Waals surface area contributed by atoms with Crippen LogP contribution in [0.15, 0.2) is 12.4 Å². The summed E-state index contributed by atoms with van der Waals surface area (Å²) in [5, 5.41) is 3.04. The smallest absolute Gasteiger partial charge is 0.240 e. The maximum absolute atomic E-state index is 12.0. The number of amides is 1. The number of nitrogens with two attached hydrogens (primary N) is 1. The van der Waals surface area contributed by atoms with Crippen molar-refractivity contribution in [1.29, 1.82) is 0 Å². The molecule has 0 saturated carbocycles. The van der Waals surface area contributed by atoms with Gasteiger partial charge < -0.3 is 15.6 Å². The van der Waals surface area contributed by atoms with E-state index in [0.29, 0.717) is 12.5 Å². The van der Waals surface area contributed by atoms with Gasteiger partial charge in [-0.05, 0) is 43.2 Å². The van der Waals surface area contributed by atoms with Gasteiger partial charge >= 0.3 is 0 Å². The average Bonchev–Trinajstić information content (AvgIpc) is 2.69. The topological polar surface area (TPSA) is 60.0 Å². The third-order valence-corrected chi connectivity index (χ3v) is 4.32. The molecule has 1 heterocycles. The molecule has 0 saturated heterocycles. The van der Waals surface area contributed by atoms with Gasteiger partial charge in [0.15, 0.2) is 0 Å². The number of aromatic nitrogens is 1. The van der Waals surface area contributed by atoms with Crippen LogP contribution < -0.4 is 11.1 Å². The molecule has 1 aromatic heterocycles. The van der Waals surface area contributed by atoms with E-state index < -0.39 is 0 Å². The minimum Gasteiger partial charge on any atom is -0.352 e. The molecule has 0 spiro atoms. The fraction of sp³-hybridized carbons (Fsp3) is 0.688. The fourth-order valence-electron chi connectivity index (χ4n) is 2.67. The van der Waals surface area contributed by atoms with Crippen LogP contribution in [0.2, 0.25) is 0 Å². The van der Waals surface area contributed by atoms with E-state index in [4.69, 9.17) is 5.73 Å². The second-order valence-electron chi connectivity index (χ2n) is 6.36. The van der Waals surface area contributed by atoms with Crippen molar-refractivity contribution < 1.29 is 4.79 Å². The zero-order valence-electron chi connectivity index (χ0n) is 12.9. The normalized spacial score (nSPS) is 20.4. The van der Waals surface area contributed by atoms with Crippen molar-refractivity contribution in [3.8, 4) is 0 Å². The molecule has 3 N–H and O–H groups in total. The highest BCUT2D eigenvalue weighted by Gasteiger charge is 2.18. The molecule has 0 aromatic carbocycles. The highest BCUT2D eigenvalue weighted by Crippen LogP contribution is 2.27. The molecule has 1 amide bonds. The van der Waals surface area contributed by atoms with E-state index in [1.54, 1.807) is 0 Å². The zero-order chi connectivity index (χ0) is 14.7. The first-order chi connectivity index (χ1) is 9.47. The Hall–Kier alpha value is -1.29. The van der Waals surface area contributed by atoms with Crippen molar-refractivity contribution in [2.75, 3.05) is 0 Å². The van der Waals surface area contributed by atoms with Crippen molar-refractivity contribution >= 4 is 5.91 Å². The van der Waals surface area contributed by atoms with E-state index in [0.717, 1.165) is 12.8 Å². The second kappa shape index (κ2) is 6.44. The molecule has 2 atom stereocenters. The van der Waals surface area contributed by atoms with Crippen LogP contribution in [-0.4, -0.2) is 16.5 Å². The van der Waals surface area contributed by atoms with Crippen molar-refractivity contribution in [3.63, 3.8) is 0 Å². The molecule has 1 aromatic rings. The maximum Gasteiger partial charge on any atom is 0.240 e. The van der Waals surface area contributed by atoms with Crippen molar-refractivity contribution in [2.45, 2.75) is 65.1 Å². The van der Waals surface area contributed by atoms with Crippen molar-refractivity contribution in [1.82, 2.24) is 9.88 Å². The number of fused-ring (bicyclic) bond motifs is 1. The van der Waals surface area contributed by atoms with Gasteiger partial charge in [0.25, 0.3) is 0 Å². The van der Waals surface area contributed by atoms with Crippen LogP contribution >= 0.6 is 0 Å². The first-order valence-electron chi connectivity index (χ1n) is 7.71. The summed E-state index contributed by atoms with van der Waals surface area (Å²) in [4.78, 5) is 12.0. The third-order valence-electron chi connectivity index (χ3n) is 4.32. The fourth-order valence-corrected chi connectivity index (χ4v) is 2.67. The molecule has 1 aliphatic rings. The minimum atomic E-state index is 0.0740. The standard InChI is InChI=1S/C16H27N3O/c1-11(2)12(3)18-16(20)10-19-8-13-6-4-5-7-15(17)14(13)9-19/h8-9,11-12,15H,4-7,10,17H2,1-3H3,(H,18,20). The lowest BCUT2D eigenvalue weighted by molar-refractivity contribution is -0.122. The summed E-state index contributed by atoms with van der Waals surface area (Å²) < 4.78 is 1.98. The SMILES string of the molecule is CC(C)C(C)NC(=O)Cn1cc2c(c1)C(N)CCCC2. The number of aryl methyl sites for hydroxylation is 1. The molecule has 0 radical (unpaired) electrons. The van der Waals surface area contributed by atoms with E-state index in [2.05, 4.69) is 31.6 Å². The van der Waals surface area contributed by atoms with E-state index in [1.165, 1.54) is 24.0 Å². The van der Waals surface area contributed by atoms with Crippen molar-refractivity contribution in [3.05, 3.63) is 23.5 Å². The molecule has 4 heteroatoms. The van der Waals surface area contributed by atoms with Gasteiger partial charge in [0.1, 0.15) is 6.54 Å². The molecule has 0 bridgehead atoms. The highest BCUT2D eigenvalue weighted by atomic mass is 16.2. The summed E-state index contributed by atoms with van der Waals surface area (Å²) in [6.45, 7) is 6.66. The quantitative estimate of drug-likeness (QED) is 0.830. The van der Waals surface area contributed by atoms with Gasteiger partial charge in [-0.3, -0.25) is 4.79 Å². The van der Waals surface area contributed by atoms with Crippen LogP contribution in [-0.2, 0) is 17.8 Å². The number of nitrogens with zero attached hydrogens (tertiary/aromatic N) is 1. The molecule has 2 unspecified atom stereocenters. The first-order valence-corrected chi connectivity index (χ1v) is 7.71. The lowest BCUT2D eigenvalue weighted by Crippen LogP contribution is -2.37. The van der Waals surface area contributed by atoms with Gasteiger partial charge in [0, 0.05) is 24.5 Å². The number of carbonyl (C=O) groups excluding carboxylic acids is 1. The number of hydrogen-bond donors (Lipinski definition) is 2. The first kappa shape index (κ1) is 15.1. The van der Waals surface area contributed by atoms with Gasteiger partial charge in [-0.25, -0.2) is 0 Å². The van der Waals surface area contributed by atoms with E-state index in [9.17, 15) is 4.79 Å². The Balaban J connectivity index is 2.00. The maximum atomic E-state index is 12.0. The van der Waals surface area contributed by atoms with Crippen molar-refractivity contribution in [2.24, 2.45) is 11.7 Å². The van der Waals surface area contributed by atoms with Crippen LogP contribution in [0, 0.1) is 5.92 Å². The Kier molecular flexibility index (Phi) is 4.86. The van der Waals surface area contributed by atoms with Crippen LogP contribution in [0.5, 0.6) is 0 Å². The molecule has 20 heavy (non-hydrogen) atoms. The summed E-state index contributed by atoms with van der Waals surface area (Å²) in [6, 6.07) is 0.338. The Labute approximate surface area is 121 Å². The third kappa shape index (κ3) is 3.63. The summed E-state index contributed by atoms with van der Waals surface area (Å²) >= 11 is 0. The van der Waals surface area contributed by atoms with Gasteiger partial charge in [-0.2, -0.15) is 0 Å². The number of rotatable bonds is 4. The molecular weight excluding hydrogens is 250 g/mol. The number of nitrogens with one attached hydrogen (secondary N) is 1. The van der Waals surface area contributed by atoms with Gasteiger partial charge in [0.2, 0.25) is 5.91 Å². The number of carbonyl (C=O) groups is 1. The van der Waals surface area contributed by atoms with E-state index in [-0.39, 0.29) is 18.0 Å². The molecule has 1 aliphatic carbocycles. The van der Waals surface area contributed by atoms with Crippen LogP contribution in [0.4, 0.5) is 0 Å². The largest absolute Gasteiger partial charge is 0.352 e. The summed E-state index contributed by atoms with van der Waals surface area (Å²) in [7, 11) is 0. The highest BCUT2D eigenvalue weighted by molar-refractivity contribution is 5.76. The van der Waals surface area contributed by atoms with Crippen LogP contribution in [0.3, 0.4) is 0 Å². The minimum absolute atomic E-state index is 0.0740. The predicted molar refractivity (Wildman–Crippen MR) is 81.4 cm³/mol. The Morgan fingerprint density at radius 2 is 2.15 bits per heavy atom. The van der Waals surface area contributed by atoms with E-state index >= 15 is 0 Å². The van der Waals surface area contributed by atoms with E-state index in [1.807, 2.05) is 11.5 Å². The monoisotopic (exact) mass is 277 g/mol. The molecule has 4 nitrogen and oxygen atoms in total. The molecule has 0 fully saturated rings. The van der Waals surface area contributed by atoms with Crippen LogP contribution in [0.1, 0.15) is 57.2 Å². The lowest BCUT2D eigenvalue weighted by atomic mass is 10.1. The molecule has 112 valence electrons. The summed E-state index contributed by atoms with van der Waals surface area (Å²) in [6.07, 6.45) is 8.68. The zero-order valence-corrected chi connectivity index (χ0v) is 12.9. The van der Waals surface area contributed by atoms with Gasteiger partial charge in [-0.1, -0.05) is 20.3 Å².